The number of rotatable bonds is 3. The van der Waals surface area contributed by atoms with E-state index in [1.807, 2.05) is 19.2 Å². The van der Waals surface area contributed by atoms with E-state index in [-0.39, 0.29) is 0 Å². The number of aromatic nitrogens is 2. The summed E-state index contributed by atoms with van der Waals surface area (Å²) in [6, 6.07) is 8.87. The zero-order valence-corrected chi connectivity index (χ0v) is 14.8. The van der Waals surface area contributed by atoms with Crippen LogP contribution in [0.15, 0.2) is 29.3 Å². The fraction of sp³-hybridized carbons (Fsp3) is 0.421. The third kappa shape index (κ3) is 3.64. The van der Waals surface area contributed by atoms with Crippen LogP contribution in [0.4, 0.5) is 17.5 Å². The first-order valence-electron chi connectivity index (χ1n) is 8.91. The molecule has 2 aromatic rings. The Hall–Kier alpha value is -2.47. The smallest absolute Gasteiger partial charge is 0.227 e. The molecule has 0 aliphatic carbocycles. The lowest BCUT2D eigenvalue weighted by molar-refractivity contribution is 0.566. The average molecular weight is 336 g/mol. The van der Waals surface area contributed by atoms with Gasteiger partial charge in [0.15, 0.2) is 0 Å². The minimum atomic E-state index is 0.542. The minimum absolute atomic E-state index is 0.542. The Morgan fingerprint density at radius 2 is 2.12 bits per heavy atom. The number of anilines is 3. The molecule has 3 heterocycles. The Labute approximate surface area is 148 Å². The van der Waals surface area contributed by atoms with Gasteiger partial charge in [0.05, 0.1) is 6.54 Å². The maximum absolute atomic E-state index is 4.76. The topological polar surface area (TPSA) is 65.4 Å². The van der Waals surface area contributed by atoms with E-state index in [9.17, 15) is 0 Å². The van der Waals surface area contributed by atoms with Crippen molar-refractivity contribution in [2.75, 3.05) is 29.9 Å². The average Bonchev–Trinajstić information content (AvgIpc) is 2.94. The van der Waals surface area contributed by atoms with E-state index in [0.29, 0.717) is 6.04 Å². The molecule has 1 aromatic carbocycles. The van der Waals surface area contributed by atoms with Crippen molar-refractivity contribution in [3.8, 4) is 0 Å². The first-order valence-corrected chi connectivity index (χ1v) is 8.91. The van der Waals surface area contributed by atoms with Gasteiger partial charge >= 0.3 is 0 Å². The fourth-order valence-electron chi connectivity index (χ4n) is 3.29. The second-order valence-electron chi connectivity index (χ2n) is 6.83. The van der Waals surface area contributed by atoms with Crippen molar-refractivity contribution in [3.05, 3.63) is 41.1 Å². The Balaban J connectivity index is 1.56. The molecule has 0 spiro atoms. The van der Waals surface area contributed by atoms with Crippen molar-refractivity contribution in [2.45, 2.75) is 32.9 Å². The zero-order chi connectivity index (χ0) is 17.2. The Morgan fingerprint density at radius 3 is 3.04 bits per heavy atom. The van der Waals surface area contributed by atoms with Gasteiger partial charge in [-0.25, -0.2) is 4.98 Å². The van der Waals surface area contributed by atoms with E-state index in [0.717, 1.165) is 55.7 Å². The van der Waals surface area contributed by atoms with Crippen LogP contribution in [-0.4, -0.2) is 41.9 Å². The highest BCUT2D eigenvalue weighted by molar-refractivity contribution is 5.86. The third-order valence-electron chi connectivity index (χ3n) is 4.74. The van der Waals surface area contributed by atoms with Crippen LogP contribution in [-0.2, 0) is 6.54 Å². The van der Waals surface area contributed by atoms with Crippen LogP contribution in [0.1, 0.15) is 30.2 Å². The molecule has 1 atom stereocenters. The second kappa shape index (κ2) is 6.80. The molecule has 0 amide bonds. The van der Waals surface area contributed by atoms with E-state index < -0.39 is 0 Å². The van der Waals surface area contributed by atoms with Gasteiger partial charge in [-0.2, -0.15) is 4.98 Å². The fourth-order valence-corrected chi connectivity index (χ4v) is 3.29. The van der Waals surface area contributed by atoms with Crippen molar-refractivity contribution in [1.29, 1.82) is 0 Å². The second-order valence-corrected chi connectivity index (χ2v) is 6.83. The summed E-state index contributed by atoms with van der Waals surface area (Å²) >= 11 is 0. The highest BCUT2D eigenvalue weighted by Gasteiger charge is 2.16. The molecule has 0 radical (unpaired) electrons. The summed E-state index contributed by atoms with van der Waals surface area (Å²) in [6.07, 6.45) is 3.03. The van der Waals surface area contributed by atoms with Gasteiger partial charge in [-0.3, -0.25) is 4.99 Å². The van der Waals surface area contributed by atoms with Gasteiger partial charge in [-0.05, 0) is 43.5 Å². The summed E-state index contributed by atoms with van der Waals surface area (Å²) in [4.78, 5) is 16.0. The number of hydrogen-bond acceptors (Lipinski definition) is 6. The molecule has 1 saturated heterocycles. The van der Waals surface area contributed by atoms with Gasteiger partial charge in [0.25, 0.3) is 0 Å². The lowest BCUT2D eigenvalue weighted by Crippen LogP contribution is -2.30. The van der Waals surface area contributed by atoms with E-state index in [4.69, 9.17) is 4.98 Å². The van der Waals surface area contributed by atoms with E-state index in [2.05, 4.69) is 50.6 Å². The molecule has 1 unspecified atom stereocenters. The van der Waals surface area contributed by atoms with E-state index in [1.165, 1.54) is 11.1 Å². The molecule has 6 heteroatoms. The van der Waals surface area contributed by atoms with Crippen molar-refractivity contribution < 1.29 is 0 Å². The standard InChI is InChI=1S/C19H24N6/c1-13-5-7-25(8-6-21-13)19-22-14(2)9-18(24-19)23-17-4-3-15-11-20-12-16(15)10-17/h3-4,9-10,12-13,21H,5-8,11H2,1-2H3,(H,22,23,24). The van der Waals surface area contributed by atoms with Crippen LogP contribution in [0.5, 0.6) is 0 Å². The first kappa shape index (κ1) is 16.0. The van der Waals surface area contributed by atoms with Crippen LogP contribution < -0.4 is 15.5 Å². The Bertz CT molecular complexity index is 800. The van der Waals surface area contributed by atoms with Gasteiger partial charge < -0.3 is 15.5 Å². The Morgan fingerprint density at radius 1 is 1.20 bits per heavy atom. The number of benzene rings is 1. The Kier molecular flexibility index (Phi) is 4.36. The number of nitrogens with one attached hydrogen (secondary N) is 2. The molecule has 130 valence electrons. The molecule has 1 fully saturated rings. The summed E-state index contributed by atoms with van der Waals surface area (Å²) in [6.45, 7) is 7.91. The maximum atomic E-state index is 4.76. The quantitative estimate of drug-likeness (QED) is 0.902. The number of aryl methyl sites for hydroxylation is 1. The molecule has 2 aliphatic heterocycles. The monoisotopic (exact) mass is 336 g/mol. The highest BCUT2D eigenvalue weighted by Crippen LogP contribution is 2.23. The van der Waals surface area contributed by atoms with Gasteiger partial charge in [0.2, 0.25) is 5.95 Å². The van der Waals surface area contributed by atoms with Crippen molar-refractivity contribution in [2.24, 2.45) is 4.99 Å². The van der Waals surface area contributed by atoms with Crippen molar-refractivity contribution in [3.63, 3.8) is 0 Å². The number of nitrogens with zero attached hydrogens (tertiary/aromatic N) is 4. The van der Waals surface area contributed by atoms with E-state index >= 15 is 0 Å². The van der Waals surface area contributed by atoms with Gasteiger partial charge in [0, 0.05) is 49.3 Å². The summed E-state index contributed by atoms with van der Waals surface area (Å²) < 4.78 is 0. The van der Waals surface area contributed by atoms with Crippen LogP contribution in [0.2, 0.25) is 0 Å². The number of aliphatic imine (C=N–C) groups is 1. The van der Waals surface area contributed by atoms with Crippen LogP contribution >= 0.6 is 0 Å². The van der Waals surface area contributed by atoms with Crippen LogP contribution in [0.25, 0.3) is 0 Å². The van der Waals surface area contributed by atoms with Crippen LogP contribution in [0.3, 0.4) is 0 Å². The molecular formula is C19H24N6. The maximum Gasteiger partial charge on any atom is 0.227 e. The molecule has 2 N–H and O–H groups in total. The zero-order valence-electron chi connectivity index (χ0n) is 14.8. The predicted octanol–water partition coefficient (Wildman–Crippen LogP) is 2.65. The van der Waals surface area contributed by atoms with Gasteiger partial charge in [-0.1, -0.05) is 6.07 Å². The highest BCUT2D eigenvalue weighted by atomic mass is 15.3. The number of hydrogen-bond donors (Lipinski definition) is 2. The molecule has 0 bridgehead atoms. The normalized spacial score (nSPS) is 19.6. The van der Waals surface area contributed by atoms with Gasteiger partial charge in [0.1, 0.15) is 5.82 Å². The molecule has 1 aromatic heterocycles. The summed E-state index contributed by atoms with van der Waals surface area (Å²) in [7, 11) is 0. The number of fused-ring (bicyclic) bond motifs is 1. The summed E-state index contributed by atoms with van der Waals surface area (Å²) in [5.41, 5.74) is 4.46. The molecule has 2 aliphatic rings. The minimum Gasteiger partial charge on any atom is -0.340 e. The molecule has 0 saturated carbocycles. The lowest BCUT2D eigenvalue weighted by atomic mass is 10.1. The third-order valence-corrected chi connectivity index (χ3v) is 4.74. The molecule has 4 rings (SSSR count). The molecule has 6 nitrogen and oxygen atoms in total. The molecule has 25 heavy (non-hydrogen) atoms. The SMILES string of the molecule is Cc1cc(Nc2ccc3c(c2)C=NC3)nc(N2CCNC(C)CC2)n1. The van der Waals surface area contributed by atoms with Gasteiger partial charge in [-0.15, -0.1) is 0 Å². The van der Waals surface area contributed by atoms with Crippen LogP contribution in [0, 0.1) is 6.92 Å². The molecular weight excluding hydrogens is 312 g/mol. The first-order chi connectivity index (χ1) is 12.2. The van der Waals surface area contributed by atoms with Crippen molar-refractivity contribution >= 4 is 23.7 Å². The summed E-state index contributed by atoms with van der Waals surface area (Å²) in [5.74, 6) is 1.64. The van der Waals surface area contributed by atoms with E-state index in [1.54, 1.807) is 0 Å². The lowest BCUT2D eigenvalue weighted by Gasteiger charge is -2.21. The largest absolute Gasteiger partial charge is 0.340 e. The van der Waals surface area contributed by atoms with Crippen molar-refractivity contribution in [1.82, 2.24) is 15.3 Å². The summed E-state index contributed by atoms with van der Waals surface area (Å²) in [5, 5.41) is 6.94. The predicted molar refractivity (Wildman–Crippen MR) is 102 cm³/mol.